The molecule has 2 atom stereocenters. The van der Waals surface area contributed by atoms with E-state index >= 15 is 0 Å². The molecular weight excluding hydrogens is 1030 g/mol. The zero-order valence-corrected chi connectivity index (χ0v) is 54.1. The fraction of sp³-hybridized carbons (Fsp3) is 0.689. The molecule has 474 valence electrons. The van der Waals surface area contributed by atoms with Crippen LogP contribution in [-0.4, -0.2) is 87.4 Å². The summed E-state index contributed by atoms with van der Waals surface area (Å²) in [5, 5.41) is 9.73. The van der Waals surface area contributed by atoms with Crippen molar-refractivity contribution in [2.75, 3.05) is 47.5 Å². The first kappa shape index (κ1) is 78.7. The van der Waals surface area contributed by atoms with E-state index in [9.17, 15) is 19.5 Å². The molecule has 0 aliphatic rings. The molecule has 1 N–H and O–H groups in total. The predicted octanol–water partition coefficient (Wildman–Crippen LogP) is 20.8. The third kappa shape index (κ3) is 65.1. The Labute approximate surface area is 510 Å². The molecule has 0 spiro atoms. The average molecular weight is 1160 g/mol. The van der Waals surface area contributed by atoms with Crippen molar-refractivity contribution < 1.29 is 42.9 Å². The number of carbonyl (C=O) groups excluding carboxylic acids is 2. The Balaban J connectivity index is 4.25. The first-order valence-electron chi connectivity index (χ1n) is 33.7. The summed E-state index contributed by atoms with van der Waals surface area (Å²) in [7, 11) is 5.96. The number of ether oxygens (including phenoxy) is 4. The maximum Gasteiger partial charge on any atom is 0.361 e. The van der Waals surface area contributed by atoms with Gasteiger partial charge in [0.05, 0.1) is 34.4 Å². The number of hydrogen-bond acceptors (Lipinski definition) is 7. The van der Waals surface area contributed by atoms with E-state index in [1.165, 1.54) is 128 Å². The SMILES string of the molecule is CC/C=C\C/C=C\C/C=C\C/C=C\C/C=C\C/C=C\C/C=C\C/C=C\C/C=C\C/C=C\CCCCCCC(=O)OC(COC(=O)CCCCCCCCCCCCCCCCCCCCCCCCC)COC(OCC[N+](C)(C)C)C(=O)O. The van der Waals surface area contributed by atoms with Crippen LogP contribution in [0, 0.1) is 0 Å². The summed E-state index contributed by atoms with van der Waals surface area (Å²) < 4.78 is 22.9. The average Bonchev–Trinajstić information content (AvgIpc) is 3.46. The highest BCUT2D eigenvalue weighted by atomic mass is 16.7. The zero-order valence-electron chi connectivity index (χ0n) is 54.1. The normalized spacial score (nSPS) is 13.5. The minimum Gasteiger partial charge on any atom is -0.477 e. The molecule has 0 heterocycles. The third-order valence-electron chi connectivity index (χ3n) is 14.2. The van der Waals surface area contributed by atoms with Crippen LogP contribution in [0.2, 0.25) is 0 Å². The molecule has 0 rings (SSSR count). The van der Waals surface area contributed by atoms with E-state index in [4.69, 9.17) is 18.9 Å². The van der Waals surface area contributed by atoms with Crippen molar-refractivity contribution in [2.24, 2.45) is 0 Å². The number of likely N-dealkylation sites (N-methyl/N-ethyl adjacent to an activating group) is 1. The number of carbonyl (C=O) groups is 3. The van der Waals surface area contributed by atoms with E-state index in [0.717, 1.165) is 109 Å². The summed E-state index contributed by atoms with van der Waals surface area (Å²) in [5.41, 5.74) is 0. The molecule has 2 unspecified atom stereocenters. The lowest BCUT2D eigenvalue weighted by Crippen LogP contribution is -2.40. The van der Waals surface area contributed by atoms with Crippen LogP contribution < -0.4 is 0 Å². The molecule has 0 aromatic rings. The lowest BCUT2D eigenvalue weighted by molar-refractivity contribution is -0.870. The summed E-state index contributed by atoms with van der Waals surface area (Å²) >= 11 is 0. The Morgan fingerprint density at radius 3 is 1.02 bits per heavy atom. The molecule has 0 aromatic carbocycles. The molecule has 0 aromatic heterocycles. The monoisotopic (exact) mass is 1160 g/mol. The third-order valence-corrected chi connectivity index (χ3v) is 14.2. The molecule has 0 aliphatic carbocycles. The van der Waals surface area contributed by atoms with Crippen LogP contribution in [0.3, 0.4) is 0 Å². The van der Waals surface area contributed by atoms with Gasteiger partial charge in [-0.2, -0.15) is 0 Å². The van der Waals surface area contributed by atoms with Gasteiger partial charge in [-0.25, -0.2) is 4.79 Å². The van der Waals surface area contributed by atoms with Crippen LogP contribution in [0.25, 0.3) is 0 Å². The van der Waals surface area contributed by atoms with Gasteiger partial charge in [-0.1, -0.05) is 289 Å². The fourth-order valence-corrected chi connectivity index (χ4v) is 9.10. The summed E-state index contributed by atoms with van der Waals surface area (Å²) in [6.45, 7) is 4.75. The number of unbranched alkanes of at least 4 members (excludes halogenated alkanes) is 26. The first-order valence-corrected chi connectivity index (χ1v) is 33.7. The number of carboxylic acid groups (broad SMARTS) is 1. The van der Waals surface area contributed by atoms with Gasteiger partial charge in [0.25, 0.3) is 6.29 Å². The van der Waals surface area contributed by atoms with Crippen LogP contribution in [-0.2, 0) is 33.3 Å². The van der Waals surface area contributed by atoms with Gasteiger partial charge in [-0.05, 0) is 89.9 Å². The van der Waals surface area contributed by atoms with Crippen LogP contribution in [0.5, 0.6) is 0 Å². The molecule has 0 bridgehead atoms. The Morgan fingerprint density at radius 1 is 0.373 bits per heavy atom. The Kier molecular flexibility index (Phi) is 60.4. The summed E-state index contributed by atoms with van der Waals surface area (Å²) in [4.78, 5) is 37.6. The van der Waals surface area contributed by atoms with Gasteiger partial charge < -0.3 is 28.5 Å². The molecule has 0 saturated carbocycles. The first-order chi connectivity index (χ1) is 40.6. The molecular formula is C74H126NO8+. The Bertz CT molecular complexity index is 1780. The maximum absolute atomic E-state index is 12.9. The minimum atomic E-state index is -1.52. The number of rotatable bonds is 61. The lowest BCUT2D eigenvalue weighted by Gasteiger charge is -2.25. The van der Waals surface area contributed by atoms with Crippen molar-refractivity contribution in [2.45, 2.75) is 283 Å². The van der Waals surface area contributed by atoms with E-state index < -0.39 is 24.3 Å². The molecule has 0 radical (unpaired) electrons. The molecule has 9 heteroatoms. The summed E-state index contributed by atoms with van der Waals surface area (Å²) in [6, 6.07) is 0. The highest BCUT2D eigenvalue weighted by Crippen LogP contribution is 2.17. The Morgan fingerprint density at radius 2 is 0.687 bits per heavy atom. The van der Waals surface area contributed by atoms with Crippen LogP contribution in [0.1, 0.15) is 271 Å². The molecule has 0 saturated heterocycles. The smallest absolute Gasteiger partial charge is 0.361 e. The van der Waals surface area contributed by atoms with E-state index in [1.807, 2.05) is 21.1 Å². The van der Waals surface area contributed by atoms with Crippen molar-refractivity contribution >= 4 is 17.9 Å². The standard InChI is InChI=1S/C74H125NO8/c1-6-8-10-12-14-16-18-20-22-24-26-28-30-31-32-33-34-35-36-37-38-39-40-41-43-45-47-49-51-53-55-57-59-61-63-65-72(77)83-70(69-82-74(73(78)79)80-67-66-75(3,4)5)68-81-71(76)64-62-60-58-56-54-52-50-48-46-44-42-29-27-25-23-21-19-17-15-13-11-9-7-2/h8,10,14,16,20,22,26,28,31-32,34-35,37-38,40-41,45,47,51,53,70,74H,6-7,9,11-13,15,17-19,21,23-25,27,29-30,33,36,39,42-44,46,48-50,52,54-69H2,1-5H3/p+1/b10-8-,16-14-,22-20-,28-26-,32-31-,35-34-,38-37-,41-40-,47-45-,53-51-. The van der Waals surface area contributed by atoms with E-state index in [0.29, 0.717) is 23.9 Å². The number of allylic oxidation sites excluding steroid dienone is 20. The zero-order chi connectivity index (χ0) is 60.5. The molecule has 9 nitrogen and oxygen atoms in total. The van der Waals surface area contributed by atoms with Gasteiger partial charge in [0.2, 0.25) is 0 Å². The van der Waals surface area contributed by atoms with Crippen molar-refractivity contribution in [1.82, 2.24) is 0 Å². The number of carboxylic acids is 1. The van der Waals surface area contributed by atoms with Gasteiger partial charge in [0.15, 0.2) is 6.10 Å². The quantitative estimate of drug-likeness (QED) is 0.0211. The van der Waals surface area contributed by atoms with Gasteiger partial charge in [-0.15, -0.1) is 0 Å². The van der Waals surface area contributed by atoms with Crippen LogP contribution in [0.4, 0.5) is 0 Å². The topological polar surface area (TPSA) is 108 Å². The van der Waals surface area contributed by atoms with Gasteiger partial charge in [0, 0.05) is 12.8 Å². The van der Waals surface area contributed by atoms with E-state index in [-0.39, 0.29) is 32.2 Å². The number of quaternary nitrogens is 1. The van der Waals surface area contributed by atoms with Crippen LogP contribution in [0.15, 0.2) is 122 Å². The lowest BCUT2D eigenvalue weighted by atomic mass is 10.0. The highest BCUT2D eigenvalue weighted by Gasteiger charge is 2.25. The van der Waals surface area contributed by atoms with Crippen molar-refractivity contribution in [3.05, 3.63) is 122 Å². The summed E-state index contributed by atoms with van der Waals surface area (Å²) in [5.74, 6) is -2.04. The fourth-order valence-electron chi connectivity index (χ4n) is 9.10. The van der Waals surface area contributed by atoms with Gasteiger partial charge >= 0.3 is 17.9 Å². The molecule has 0 aliphatic heterocycles. The maximum atomic E-state index is 12.9. The van der Waals surface area contributed by atoms with Crippen molar-refractivity contribution in [1.29, 1.82) is 0 Å². The molecule has 0 amide bonds. The minimum absolute atomic E-state index is 0.177. The largest absolute Gasteiger partial charge is 0.477 e. The van der Waals surface area contributed by atoms with Crippen molar-refractivity contribution in [3.8, 4) is 0 Å². The van der Waals surface area contributed by atoms with E-state index in [1.54, 1.807) is 0 Å². The number of nitrogens with zero attached hydrogens (tertiary/aromatic N) is 1. The Hall–Kier alpha value is -4.31. The van der Waals surface area contributed by atoms with Crippen molar-refractivity contribution in [3.63, 3.8) is 0 Å². The van der Waals surface area contributed by atoms with Gasteiger partial charge in [0.1, 0.15) is 13.2 Å². The second-order valence-electron chi connectivity index (χ2n) is 23.4. The predicted molar refractivity (Wildman–Crippen MR) is 354 cm³/mol. The second kappa shape index (κ2) is 63.7. The number of aliphatic carboxylic acids is 1. The van der Waals surface area contributed by atoms with E-state index in [2.05, 4.69) is 135 Å². The number of hydrogen-bond donors (Lipinski definition) is 1. The number of esters is 2. The summed E-state index contributed by atoms with van der Waals surface area (Å²) in [6.07, 6.45) is 87.3. The second-order valence-corrected chi connectivity index (χ2v) is 23.4. The van der Waals surface area contributed by atoms with Crippen LogP contribution >= 0.6 is 0 Å². The molecule has 83 heavy (non-hydrogen) atoms. The van der Waals surface area contributed by atoms with Gasteiger partial charge in [-0.3, -0.25) is 9.59 Å². The molecule has 0 fully saturated rings. The highest BCUT2D eigenvalue weighted by molar-refractivity contribution is 5.71.